The van der Waals surface area contributed by atoms with Gasteiger partial charge in [-0.3, -0.25) is 9.59 Å². The van der Waals surface area contributed by atoms with Crippen LogP contribution in [0, 0.1) is 6.92 Å². The Bertz CT molecular complexity index is 725. The number of hydrogen-bond donors (Lipinski definition) is 1. The van der Waals surface area contributed by atoms with Crippen molar-refractivity contribution in [3.8, 4) is 5.75 Å². The van der Waals surface area contributed by atoms with Gasteiger partial charge >= 0.3 is 0 Å². The lowest BCUT2D eigenvalue weighted by Gasteiger charge is -2.11. The minimum Gasteiger partial charge on any atom is -0.495 e. The summed E-state index contributed by atoms with van der Waals surface area (Å²) in [5.41, 5.74) is 1.10. The van der Waals surface area contributed by atoms with Crippen LogP contribution >= 0.6 is 11.6 Å². The standard InChI is InChI=1S/C15H15ClN2O3/c1-10-5-6-18(15(20)7-10)9-14(19)17-12-8-11(16)3-4-13(12)21-2/h3-8H,9H2,1-2H3,(H,17,19). The number of benzene rings is 1. The Kier molecular flexibility index (Phi) is 4.65. The molecule has 0 saturated heterocycles. The maximum absolute atomic E-state index is 12.0. The summed E-state index contributed by atoms with van der Waals surface area (Å²) in [6, 6.07) is 8.18. The molecule has 1 aromatic carbocycles. The molecule has 0 aliphatic carbocycles. The number of nitrogens with zero attached hydrogens (tertiary/aromatic N) is 1. The van der Waals surface area contributed by atoms with Crippen molar-refractivity contribution < 1.29 is 9.53 Å². The maximum Gasteiger partial charge on any atom is 0.251 e. The van der Waals surface area contributed by atoms with Gasteiger partial charge in [-0.1, -0.05) is 11.6 Å². The molecule has 1 N–H and O–H groups in total. The number of hydrogen-bond acceptors (Lipinski definition) is 3. The number of aryl methyl sites for hydroxylation is 1. The fourth-order valence-corrected chi connectivity index (χ4v) is 2.03. The minimum atomic E-state index is -0.332. The average molecular weight is 307 g/mol. The lowest BCUT2D eigenvalue weighted by atomic mass is 10.3. The van der Waals surface area contributed by atoms with E-state index in [2.05, 4.69) is 5.32 Å². The van der Waals surface area contributed by atoms with Crippen molar-refractivity contribution in [2.75, 3.05) is 12.4 Å². The SMILES string of the molecule is COc1ccc(Cl)cc1NC(=O)Cn1ccc(C)cc1=O. The number of aromatic nitrogens is 1. The van der Waals surface area contributed by atoms with Gasteiger partial charge < -0.3 is 14.6 Å². The summed E-state index contributed by atoms with van der Waals surface area (Å²) in [7, 11) is 1.50. The molecule has 0 spiro atoms. The Labute approximate surface area is 127 Å². The van der Waals surface area contributed by atoms with Crippen LogP contribution in [0.2, 0.25) is 5.02 Å². The quantitative estimate of drug-likeness (QED) is 0.944. The maximum atomic E-state index is 12.0. The second-order valence-corrected chi connectivity index (χ2v) is 5.00. The highest BCUT2D eigenvalue weighted by Gasteiger charge is 2.09. The first-order valence-electron chi connectivity index (χ1n) is 6.30. The number of rotatable bonds is 4. The van der Waals surface area contributed by atoms with Crippen molar-refractivity contribution in [1.82, 2.24) is 4.57 Å². The summed E-state index contributed by atoms with van der Waals surface area (Å²) in [6.07, 6.45) is 1.59. The molecule has 0 aliphatic rings. The van der Waals surface area contributed by atoms with Crippen LogP contribution in [0.15, 0.2) is 41.3 Å². The van der Waals surface area contributed by atoms with E-state index in [9.17, 15) is 9.59 Å². The Hall–Kier alpha value is -2.27. The van der Waals surface area contributed by atoms with Crippen molar-refractivity contribution in [2.45, 2.75) is 13.5 Å². The Morgan fingerprint density at radius 1 is 1.33 bits per heavy atom. The van der Waals surface area contributed by atoms with Gasteiger partial charge in [0.25, 0.3) is 5.56 Å². The molecule has 0 aliphatic heterocycles. The summed E-state index contributed by atoms with van der Waals surface area (Å²) < 4.78 is 6.48. The van der Waals surface area contributed by atoms with Crippen LogP contribution in [0.1, 0.15) is 5.56 Å². The van der Waals surface area contributed by atoms with Crippen LogP contribution in [0.5, 0.6) is 5.75 Å². The number of nitrogens with one attached hydrogen (secondary N) is 1. The molecule has 2 rings (SSSR count). The van der Waals surface area contributed by atoms with E-state index in [1.807, 2.05) is 6.92 Å². The van der Waals surface area contributed by atoms with Gasteiger partial charge in [0.1, 0.15) is 12.3 Å². The van der Waals surface area contributed by atoms with Gasteiger partial charge in [0.2, 0.25) is 5.91 Å². The molecule has 0 unspecified atom stereocenters. The van der Waals surface area contributed by atoms with Crippen LogP contribution in [-0.4, -0.2) is 17.6 Å². The van der Waals surface area contributed by atoms with Crippen molar-refractivity contribution in [2.24, 2.45) is 0 Å². The molecule has 2 aromatic rings. The largest absolute Gasteiger partial charge is 0.495 e. The van der Waals surface area contributed by atoms with E-state index in [1.54, 1.807) is 30.5 Å². The van der Waals surface area contributed by atoms with Crippen molar-refractivity contribution in [3.63, 3.8) is 0 Å². The second-order valence-electron chi connectivity index (χ2n) is 4.56. The Balaban J connectivity index is 2.15. The Morgan fingerprint density at radius 2 is 2.10 bits per heavy atom. The predicted molar refractivity (Wildman–Crippen MR) is 82.1 cm³/mol. The number of halogens is 1. The number of carbonyl (C=O) groups is 1. The molecular weight excluding hydrogens is 292 g/mol. The number of methoxy groups -OCH3 is 1. The fraction of sp³-hybridized carbons (Fsp3) is 0.200. The molecule has 0 radical (unpaired) electrons. The van der Waals surface area contributed by atoms with Gasteiger partial charge in [0, 0.05) is 17.3 Å². The van der Waals surface area contributed by atoms with E-state index in [-0.39, 0.29) is 18.0 Å². The lowest BCUT2D eigenvalue weighted by Crippen LogP contribution is -2.27. The molecule has 0 saturated carbocycles. The molecule has 0 bridgehead atoms. The zero-order chi connectivity index (χ0) is 15.4. The number of amides is 1. The molecule has 0 atom stereocenters. The number of pyridine rings is 1. The molecule has 0 fully saturated rings. The summed E-state index contributed by atoms with van der Waals surface area (Å²) in [5.74, 6) is 0.172. The third-order valence-electron chi connectivity index (χ3n) is 2.90. The highest BCUT2D eigenvalue weighted by molar-refractivity contribution is 6.31. The molecule has 6 heteroatoms. The normalized spacial score (nSPS) is 10.2. The molecule has 1 aromatic heterocycles. The summed E-state index contributed by atoms with van der Waals surface area (Å²) in [5, 5.41) is 3.17. The van der Waals surface area contributed by atoms with Crippen molar-refractivity contribution in [1.29, 1.82) is 0 Å². The third-order valence-corrected chi connectivity index (χ3v) is 3.14. The van der Waals surface area contributed by atoms with Gasteiger partial charge in [-0.05, 0) is 36.8 Å². The first-order valence-corrected chi connectivity index (χ1v) is 6.68. The van der Waals surface area contributed by atoms with E-state index in [0.29, 0.717) is 16.5 Å². The monoisotopic (exact) mass is 306 g/mol. The minimum absolute atomic E-state index is 0.0746. The highest BCUT2D eigenvalue weighted by Crippen LogP contribution is 2.27. The third kappa shape index (κ3) is 3.86. The molecule has 5 nitrogen and oxygen atoms in total. The van der Waals surface area contributed by atoms with Crippen LogP contribution in [0.3, 0.4) is 0 Å². The first kappa shape index (κ1) is 15.1. The van der Waals surface area contributed by atoms with Gasteiger partial charge in [-0.15, -0.1) is 0 Å². The topological polar surface area (TPSA) is 60.3 Å². The van der Waals surface area contributed by atoms with Crippen LogP contribution in [-0.2, 0) is 11.3 Å². The van der Waals surface area contributed by atoms with E-state index in [0.717, 1.165) is 5.56 Å². The molecule has 21 heavy (non-hydrogen) atoms. The lowest BCUT2D eigenvalue weighted by molar-refractivity contribution is -0.116. The van der Waals surface area contributed by atoms with Gasteiger partial charge in [-0.25, -0.2) is 0 Å². The van der Waals surface area contributed by atoms with E-state index >= 15 is 0 Å². The smallest absolute Gasteiger partial charge is 0.251 e. The number of ether oxygens (including phenoxy) is 1. The predicted octanol–water partition coefficient (Wildman–Crippen LogP) is 2.46. The number of carbonyl (C=O) groups excluding carboxylic acids is 1. The molecular formula is C15H15ClN2O3. The zero-order valence-electron chi connectivity index (χ0n) is 11.7. The molecule has 1 heterocycles. The van der Waals surface area contributed by atoms with Gasteiger partial charge in [-0.2, -0.15) is 0 Å². The fourth-order valence-electron chi connectivity index (χ4n) is 1.86. The summed E-state index contributed by atoms with van der Waals surface area (Å²) in [6.45, 7) is 1.75. The van der Waals surface area contributed by atoms with Crippen LogP contribution in [0.25, 0.3) is 0 Å². The molecule has 110 valence electrons. The summed E-state index contributed by atoms with van der Waals surface area (Å²) in [4.78, 5) is 23.8. The van der Waals surface area contributed by atoms with E-state index < -0.39 is 0 Å². The zero-order valence-corrected chi connectivity index (χ0v) is 12.5. The number of anilines is 1. The van der Waals surface area contributed by atoms with Gasteiger partial charge in [0.15, 0.2) is 0 Å². The van der Waals surface area contributed by atoms with Gasteiger partial charge in [0.05, 0.1) is 12.8 Å². The van der Waals surface area contributed by atoms with Crippen molar-refractivity contribution >= 4 is 23.2 Å². The Morgan fingerprint density at radius 3 is 2.76 bits per heavy atom. The molecule has 1 amide bonds. The van der Waals surface area contributed by atoms with Crippen LogP contribution in [0.4, 0.5) is 5.69 Å². The second kappa shape index (κ2) is 6.45. The van der Waals surface area contributed by atoms with Crippen LogP contribution < -0.4 is 15.6 Å². The highest BCUT2D eigenvalue weighted by atomic mass is 35.5. The van der Waals surface area contributed by atoms with Crippen molar-refractivity contribution in [3.05, 3.63) is 57.5 Å². The summed E-state index contributed by atoms with van der Waals surface area (Å²) >= 11 is 5.90. The average Bonchev–Trinajstić information content (AvgIpc) is 2.42. The first-order chi connectivity index (χ1) is 9.99. The van der Waals surface area contributed by atoms with E-state index in [4.69, 9.17) is 16.3 Å². The van der Waals surface area contributed by atoms with E-state index in [1.165, 1.54) is 17.7 Å².